The highest BCUT2D eigenvalue weighted by Gasteiger charge is 1.98. The molecule has 0 nitrogen and oxygen atoms in total. The number of hydrogen-bond donors (Lipinski definition) is 0. The van der Waals surface area contributed by atoms with E-state index in [9.17, 15) is 0 Å². The van der Waals surface area contributed by atoms with Crippen LogP contribution in [0.1, 0.15) is 264 Å². The topological polar surface area (TPSA) is 0 Å². The van der Waals surface area contributed by atoms with Gasteiger partial charge >= 0.3 is 0 Å². The molecule has 0 unspecified atom stereocenters. The first kappa shape index (κ1) is 44.4. The van der Waals surface area contributed by atoms with Crippen molar-refractivity contribution < 1.29 is 0 Å². The highest BCUT2D eigenvalue weighted by Crippen LogP contribution is 2.19. The first-order chi connectivity index (χ1) is 21.9. The molecule has 0 atom stereocenters. The predicted octanol–water partition coefficient (Wildman–Crippen LogP) is 17.1. The van der Waals surface area contributed by atoms with E-state index in [4.69, 9.17) is 0 Å². The summed E-state index contributed by atoms with van der Waals surface area (Å²) in [6.07, 6.45) is 57.2. The number of rotatable bonds is 41. The van der Waals surface area contributed by atoms with E-state index in [0.717, 1.165) is 0 Å². The third kappa shape index (κ3) is 42.3. The summed E-state index contributed by atoms with van der Waals surface area (Å²) < 4.78 is 0. The van der Waals surface area contributed by atoms with Crippen LogP contribution in [-0.4, -0.2) is 5.75 Å². The summed E-state index contributed by atoms with van der Waals surface area (Å²) >= 11 is 2.11. The molecule has 0 spiro atoms. The van der Waals surface area contributed by atoms with Gasteiger partial charge in [0, 0.05) is 5.75 Å². The highest BCUT2D eigenvalue weighted by molar-refractivity contribution is 8.01. The normalized spacial score (nSPS) is 11.6. The van der Waals surface area contributed by atoms with Gasteiger partial charge in [-0.25, -0.2) is 0 Å². The SMILES string of the molecule is CCCCCCCCCCCCCCCCCCCCCCC[CH]SCCCCCCCCCCCCCCCCCCC. The molecule has 0 rings (SSSR count). The average Bonchev–Trinajstić information content (AvgIpc) is 3.04. The summed E-state index contributed by atoms with van der Waals surface area (Å²) in [6.45, 7) is 4.62. The van der Waals surface area contributed by atoms with Gasteiger partial charge in [0.05, 0.1) is 0 Å². The Labute approximate surface area is 286 Å². The molecule has 0 fully saturated rings. The molecule has 0 saturated heterocycles. The maximum atomic E-state index is 2.52. The van der Waals surface area contributed by atoms with Gasteiger partial charge in [0.25, 0.3) is 0 Å². The Bertz CT molecular complexity index is 418. The van der Waals surface area contributed by atoms with Gasteiger partial charge in [0.2, 0.25) is 0 Å². The van der Waals surface area contributed by atoms with E-state index in [0.29, 0.717) is 0 Å². The molecular weight excluding hydrogens is 549 g/mol. The summed E-state index contributed by atoms with van der Waals surface area (Å²) in [5.41, 5.74) is 0. The van der Waals surface area contributed by atoms with E-state index in [1.807, 2.05) is 0 Å². The number of thioether (sulfide) groups is 1. The second kappa shape index (κ2) is 43.4. The Kier molecular flexibility index (Phi) is 43.7. The maximum Gasteiger partial charge on any atom is 0.0166 e. The van der Waals surface area contributed by atoms with Gasteiger partial charge in [-0.15, -0.1) is 0 Å². The van der Waals surface area contributed by atoms with Crippen molar-refractivity contribution in [1.29, 1.82) is 0 Å². The van der Waals surface area contributed by atoms with Crippen LogP contribution in [0.3, 0.4) is 0 Å². The monoisotopic (exact) mass is 636 g/mol. The molecular formula is C43H87S. The molecule has 0 saturated carbocycles. The second-order valence-corrected chi connectivity index (χ2v) is 15.6. The summed E-state index contributed by atoms with van der Waals surface area (Å²) in [6, 6.07) is 0. The molecule has 0 aliphatic carbocycles. The lowest BCUT2D eigenvalue weighted by Crippen LogP contribution is -1.85. The third-order valence-electron chi connectivity index (χ3n) is 9.91. The molecule has 0 amide bonds. The van der Waals surface area contributed by atoms with Crippen molar-refractivity contribution in [2.75, 3.05) is 5.75 Å². The summed E-state index contributed by atoms with van der Waals surface area (Å²) in [5.74, 6) is 3.87. The van der Waals surface area contributed by atoms with Crippen LogP contribution in [0.4, 0.5) is 0 Å². The molecule has 0 aliphatic rings. The smallest absolute Gasteiger partial charge is 0.0166 e. The second-order valence-electron chi connectivity index (χ2n) is 14.6. The fourth-order valence-electron chi connectivity index (χ4n) is 6.74. The van der Waals surface area contributed by atoms with Crippen LogP contribution in [0.5, 0.6) is 0 Å². The molecule has 0 heterocycles. The van der Waals surface area contributed by atoms with Crippen LogP contribution < -0.4 is 0 Å². The quantitative estimate of drug-likeness (QED) is 0.0602. The molecule has 1 radical (unpaired) electrons. The Morgan fingerprint density at radius 3 is 0.705 bits per heavy atom. The molecule has 0 aromatic carbocycles. The van der Waals surface area contributed by atoms with Crippen LogP contribution in [0.2, 0.25) is 0 Å². The molecule has 44 heavy (non-hydrogen) atoms. The minimum atomic E-state index is 1.34. The molecule has 0 aromatic heterocycles. The fourth-order valence-corrected chi connectivity index (χ4v) is 7.61. The molecule has 0 N–H and O–H groups in total. The lowest BCUT2D eigenvalue weighted by atomic mass is 10.0. The van der Waals surface area contributed by atoms with E-state index < -0.39 is 0 Å². The zero-order chi connectivity index (χ0) is 31.7. The largest absolute Gasteiger partial charge is 0.157 e. The van der Waals surface area contributed by atoms with Crippen molar-refractivity contribution in [3.05, 3.63) is 5.75 Å². The lowest BCUT2D eigenvalue weighted by molar-refractivity contribution is 0.520. The van der Waals surface area contributed by atoms with Gasteiger partial charge in [-0.2, -0.15) is 11.8 Å². The molecule has 265 valence electrons. The number of unbranched alkanes of at least 4 members (excludes halogenated alkanes) is 37. The minimum absolute atomic E-state index is 1.34. The molecule has 1 heteroatoms. The van der Waals surface area contributed by atoms with Gasteiger partial charge < -0.3 is 0 Å². The van der Waals surface area contributed by atoms with Crippen molar-refractivity contribution in [1.82, 2.24) is 0 Å². The zero-order valence-corrected chi connectivity index (χ0v) is 32.1. The summed E-state index contributed by atoms with van der Waals surface area (Å²) in [4.78, 5) is 0. The average molecular weight is 636 g/mol. The summed E-state index contributed by atoms with van der Waals surface area (Å²) in [5, 5.41) is 0. The van der Waals surface area contributed by atoms with Crippen molar-refractivity contribution in [3.63, 3.8) is 0 Å². The van der Waals surface area contributed by atoms with Gasteiger partial charge in [-0.3, -0.25) is 0 Å². The summed E-state index contributed by atoms with van der Waals surface area (Å²) in [7, 11) is 0. The van der Waals surface area contributed by atoms with E-state index in [-0.39, 0.29) is 0 Å². The molecule has 0 aromatic rings. The van der Waals surface area contributed by atoms with Gasteiger partial charge in [0.1, 0.15) is 0 Å². The molecule has 0 bridgehead atoms. The minimum Gasteiger partial charge on any atom is -0.157 e. The molecule has 0 aliphatic heterocycles. The van der Waals surface area contributed by atoms with E-state index in [1.54, 1.807) is 0 Å². The lowest BCUT2D eigenvalue weighted by Gasteiger charge is -2.05. The van der Waals surface area contributed by atoms with Crippen LogP contribution in [0, 0.1) is 5.75 Å². The van der Waals surface area contributed by atoms with Crippen molar-refractivity contribution in [2.24, 2.45) is 0 Å². The van der Waals surface area contributed by atoms with Crippen molar-refractivity contribution in [3.8, 4) is 0 Å². The Hall–Kier alpha value is 0.350. The van der Waals surface area contributed by atoms with E-state index >= 15 is 0 Å². The van der Waals surface area contributed by atoms with Crippen LogP contribution in [-0.2, 0) is 0 Å². The van der Waals surface area contributed by atoms with Gasteiger partial charge in [-0.1, -0.05) is 251 Å². The predicted molar refractivity (Wildman–Crippen MR) is 208 cm³/mol. The number of hydrogen-bond acceptors (Lipinski definition) is 1. The first-order valence-electron chi connectivity index (χ1n) is 21.3. The Morgan fingerprint density at radius 2 is 0.455 bits per heavy atom. The van der Waals surface area contributed by atoms with Crippen LogP contribution >= 0.6 is 11.8 Å². The Balaban J connectivity index is 3.03. The van der Waals surface area contributed by atoms with Gasteiger partial charge in [-0.05, 0) is 18.6 Å². The van der Waals surface area contributed by atoms with Crippen LogP contribution in [0.25, 0.3) is 0 Å². The standard InChI is InChI=1S/C43H87S/c1-3-5-7-9-11-13-15-17-19-21-22-23-24-25-27-29-31-33-35-37-39-41-43-44-42-40-38-36-34-32-30-28-26-20-18-16-14-12-10-8-6-4-2/h43H,3-42H2,1-2H3. The third-order valence-corrected chi connectivity index (χ3v) is 10.9. The first-order valence-corrected chi connectivity index (χ1v) is 22.4. The fraction of sp³-hybridized carbons (Fsp3) is 0.977. The Morgan fingerprint density at radius 1 is 0.250 bits per heavy atom. The highest BCUT2D eigenvalue weighted by atomic mass is 32.2. The van der Waals surface area contributed by atoms with Crippen molar-refractivity contribution in [2.45, 2.75) is 264 Å². The van der Waals surface area contributed by atoms with Crippen molar-refractivity contribution >= 4 is 11.8 Å². The van der Waals surface area contributed by atoms with E-state index in [1.165, 1.54) is 256 Å². The van der Waals surface area contributed by atoms with Gasteiger partial charge in [0.15, 0.2) is 0 Å². The zero-order valence-electron chi connectivity index (χ0n) is 31.3. The maximum absolute atomic E-state index is 2.52. The van der Waals surface area contributed by atoms with Crippen LogP contribution in [0.15, 0.2) is 0 Å². The van der Waals surface area contributed by atoms with E-state index in [2.05, 4.69) is 31.4 Å².